The second-order valence-electron chi connectivity index (χ2n) is 7.98. The molecule has 0 radical (unpaired) electrons. The van der Waals surface area contributed by atoms with Gasteiger partial charge in [0, 0.05) is 25.7 Å². The van der Waals surface area contributed by atoms with E-state index in [0.717, 1.165) is 28.4 Å². The molecular weight excluding hydrogens is 390 g/mol. The van der Waals surface area contributed by atoms with Crippen molar-refractivity contribution in [1.29, 1.82) is 0 Å². The molecule has 3 heterocycles. The molecule has 6 heteroatoms. The first-order valence-electron chi connectivity index (χ1n) is 10.6. The summed E-state index contributed by atoms with van der Waals surface area (Å²) in [7, 11) is 1.66. The van der Waals surface area contributed by atoms with Gasteiger partial charge in [0.1, 0.15) is 17.6 Å². The van der Waals surface area contributed by atoms with Crippen LogP contribution in [0.25, 0.3) is 0 Å². The number of hydrogen-bond acceptors (Lipinski definition) is 5. The molecule has 2 aliphatic heterocycles. The highest BCUT2D eigenvalue weighted by molar-refractivity contribution is 5.99. The fraction of sp³-hybridized carbons (Fsp3) is 0.280. The topological polar surface area (TPSA) is 54.9 Å². The normalized spacial score (nSPS) is 20.5. The molecule has 1 amide bonds. The molecule has 2 bridgehead atoms. The lowest BCUT2D eigenvalue weighted by atomic mass is 10.1. The van der Waals surface area contributed by atoms with Crippen molar-refractivity contribution >= 4 is 11.6 Å². The van der Waals surface area contributed by atoms with Crippen molar-refractivity contribution in [2.45, 2.75) is 31.7 Å². The molecule has 6 nitrogen and oxygen atoms in total. The molecule has 1 aromatic heterocycles. The minimum atomic E-state index is -0.232. The van der Waals surface area contributed by atoms with Gasteiger partial charge in [0.15, 0.2) is 0 Å². The predicted molar refractivity (Wildman–Crippen MR) is 118 cm³/mol. The zero-order valence-corrected chi connectivity index (χ0v) is 17.5. The van der Waals surface area contributed by atoms with Crippen molar-refractivity contribution in [3.05, 3.63) is 84.2 Å². The molecule has 5 rings (SSSR count). The first kappa shape index (κ1) is 19.6. The maximum absolute atomic E-state index is 13.8. The Morgan fingerprint density at radius 1 is 1.03 bits per heavy atom. The minimum absolute atomic E-state index is 0.00894. The Morgan fingerprint density at radius 3 is 2.61 bits per heavy atom. The number of ether oxygens (including phenoxy) is 2. The van der Waals surface area contributed by atoms with Gasteiger partial charge in [0.05, 0.1) is 31.1 Å². The number of aromatic nitrogens is 1. The summed E-state index contributed by atoms with van der Waals surface area (Å²) in [6.07, 6.45) is 2.43. The molecule has 1 saturated heterocycles. The van der Waals surface area contributed by atoms with Gasteiger partial charge in [0.25, 0.3) is 0 Å². The highest BCUT2D eigenvalue weighted by Gasteiger charge is 2.42. The predicted octanol–water partition coefficient (Wildman–Crippen LogP) is 3.66. The van der Waals surface area contributed by atoms with E-state index < -0.39 is 0 Å². The van der Waals surface area contributed by atoms with E-state index >= 15 is 0 Å². The van der Waals surface area contributed by atoms with Crippen LogP contribution in [0.4, 0.5) is 5.69 Å². The smallest absolute Gasteiger partial charge is 0.244 e. The van der Waals surface area contributed by atoms with Crippen LogP contribution in [0.5, 0.6) is 11.5 Å². The van der Waals surface area contributed by atoms with E-state index in [1.807, 2.05) is 59.5 Å². The van der Waals surface area contributed by atoms with Crippen LogP contribution in [0.15, 0.2) is 72.9 Å². The number of amides is 1. The summed E-state index contributed by atoms with van der Waals surface area (Å²) in [5.74, 6) is 1.67. The summed E-state index contributed by atoms with van der Waals surface area (Å²) in [5, 5.41) is 0. The van der Waals surface area contributed by atoms with Crippen molar-refractivity contribution < 1.29 is 14.3 Å². The van der Waals surface area contributed by atoms with E-state index in [1.54, 1.807) is 13.3 Å². The second kappa shape index (κ2) is 8.40. The lowest BCUT2D eigenvalue weighted by Gasteiger charge is -2.31. The van der Waals surface area contributed by atoms with Gasteiger partial charge in [0.2, 0.25) is 5.91 Å². The minimum Gasteiger partial charge on any atom is -0.497 e. The number of methoxy groups -OCH3 is 1. The molecule has 0 N–H and O–H groups in total. The lowest BCUT2D eigenvalue weighted by Crippen LogP contribution is -2.45. The number of anilines is 1. The molecule has 1 fully saturated rings. The van der Waals surface area contributed by atoms with Crippen LogP contribution in [0.3, 0.4) is 0 Å². The molecule has 0 saturated carbocycles. The van der Waals surface area contributed by atoms with E-state index in [2.05, 4.69) is 22.0 Å². The number of carbonyl (C=O) groups excluding carboxylic acids is 1. The number of pyridine rings is 1. The Kier molecular flexibility index (Phi) is 5.30. The van der Waals surface area contributed by atoms with Crippen molar-refractivity contribution in [2.75, 3.05) is 18.6 Å². The summed E-state index contributed by atoms with van der Waals surface area (Å²) < 4.78 is 11.6. The standard InChI is InChI=1S/C25H25N3O3/c1-30-20-11-9-18(10-12-20)15-27-17-21-14-23(27)25(29)28(16-19-6-4-5-13-26-19)22-7-2-3-8-24(22)31-21/h2-13,21,23H,14-17H2,1H3/t21-,23-/m0/s1. The van der Waals surface area contributed by atoms with E-state index in [0.29, 0.717) is 26.1 Å². The van der Waals surface area contributed by atoms with Gasteiger partial charge in [-0.05, 0) is 42.0 Å². The van der Waals surface area contributed by atoms with Gasteiger partial charge in [-0.25, -0.2) is 0 Å². The molecule has 31 heavy (non-hydrogen) atoms. The number of carbonyl (C=O) groups is 1. The summed E-state index contributed by atoms with van der Waals surface area (Å²) in [5.41, 5.74) is 2.80. The number of hydrogen-bond donors (Lipinski definition) is 0. The third kappa shape index (κ3) is 3.99. The van der Waals surface area contributed by atoms with Gasteiger partial charge in [-0.15, -0.1) is 0 Å². The van der Waals surface area contributed by atoms with Crippen molar-refractivity contribution in [3.8, 4) is 11.5 Å². The molecule has 0 spiro atoms. The SMILES string of the molecule is COc1ccc(CN2C[C@@H]3C[C@H]2C(=O)N(Cc2ccccn2)c2ccccc2O3)cc1. The molecule has 0 unspecified atom stereocenters. The zero-order chi connectivity index (χ0) is 21.2. The molecule has 2 aromatic carbocycles. The Hall–Kier alpha value is -3.38. The molecule has 2 atom stereocenters. The molecular formula is C25H25N3O3. The number of fused-ring (bicyclic) bond motifs is 3. The van der Waals surface area contributed by atoms with Gasteiger partial charge >= 0.3 is 0 Å². The van der Waals surface area contributed by atoms with Gasteiger partial charge in [-0.1, -0.05) is 30.3 Å². The largest absolute Gasteiger partial charge is 0.497 e. The molecule has 0 aliphatic carbocycles. The van der Waals surface area contributed by atoms with Crippen LogP contribution < -0.4 is 14.4 Å². The summed E-state index contributed by atoms with van der Waals surface area (Å²) in [4.78, 5) is 22.3. The number of para-hydroxylation sites is 2. The molecule has 158 valence electrons. The quantitative estimate of drug-likeness (QED) is 0.637. The number of rotatable bonds is 5. The average Bonchev–Trinajstić information content (AvgIpc) is 3.21. The van der Waals surface area contributed by atoms with Gasteiger partial charge in [-0.3, -0.25) is 14.7 Å². The van der Waals surface area contributed by atoms with E-state index in [4.69, 9.17) is 9.47 Å². The molecule has 2 aliphatic rings. The van der Waals surface area contributed by atoms with Crippen LogP contribution in [0.1, 0.15) is 17.7 Å². The molecule has 3 aromatic rings. The number of likely N-dealkylation sites (tertiary alicyclic amines) is 1. The maximum atomic E-state index is 13.8. The maximum Gasteiger partial charge on any atom is 0.244 e. The fourth-order valence-electron chi connectivity index (χ4n) is 4.42. The van der Waals surface area contributed by atoms with Crippen molar-refractivity contribution in [2.24, 2.45) is 0 Å². The van der Waals surface area contributed by atoms with Gasteiger partial charge in [-0.2, -0.15) is 0 Å². The Labute approximate surface area is 182 Å². The van der Waals surface area contributed by atoms with Crippen LogP contribution >= 0.6 is 0 Å². The fourth-order valence-corrected chi connectivity index (χ4v) is 4.42. The second-order valence-corrected chi connectivity index (χ2v) is 7.98. The van der Waals surface area contributed by atoms with Crippen molar-refractivity contribution in [1.82, 2.24) is 9.88 Å². The van der Waals surface area contributed by atoms with Crippen LogP contribution in [-0.2, 0) is 17.9 Å². The third-order valence-electron chi connectivity index (χ3n) is 5.96. The van der Waals surface area contributed by atoms with Crippen molar-refractivity contribution in [3.63, 3.8) is 0 Å². The first-order valence-corrected chi connectivity index (χ1v) is 10.6. The highest BCUT2D eigenvalue weighted by atomic mass is 16.5. The van der Waals surface area contributed by atoms with E-state index in [1.165, 1.54) is 0 Å². The van der Waals surface area contributed by atoms with Crippen LogP contribution in [-0.4, -0.2) is 41.6 Å². The third-order valence-corrected chi connectivity index (χ3v) is 5.96. The Bertz CT molecular complexity index is 1060. The van der Waals surface area contributed by atoms with Gasteiger partial charge < -0.3 is 14.4 Å². The van der Waals surface area contributed by atoms with Crippen LogP contribution in [0.2, 0.25) is 0 Å². The number of nitrogens with zero attached hydrogens (tertiary/aromatic N) is 3. The summed E-state index contributed by atoms with van der Waals surface area (Å²) >= 11 is 0. The Morgan fingerprint density at radius 2 is 1.84 bits per heavy atom. The summed E-state index contributed by atoms with van der Waals surface area (Å²) in [6.45, 7) is 1.82. The lowest BCUT2D eigenvalue weighted by molar-refractivity contribution is -0.123. The first-order chi connectivity index (χ1) is 15.2. The number of benzene rings is 2. The highest BCUT2D eigenvalue weighted by Crippen LogP contribution is 2.37. The van der Waals surface area contributed by atoms with E-state index in [9.17, 15) is 4.79 Å². The van der Waals surface area contributed by atoms with Crippen LogP contribution in [0, 0.1) is 0 Å². The summed E-state index contributed by atoms with van der Waals surface area (Å²) in [6, 6.07) is 21.3. The zero-order valence-electron chi connectivity index (χ0n) is 17.5. The average molecular weight is 415 g/mol. The monoisotopic (exact) mass is 415 g/mol. The van der Waals surface area contributed by atoms with E-state index in [-0.39, 0.29) is 18.1 Å². The Balaban J connectivity index is 1.45.